The fourth-order valence-electron chi connectivity index (χ4n) is 1.44. The van der Waals surface area contributed by atoms with Gasteiger partial charge in [0.25, 0.3) is 0 Å². The first kappa shape index (κ1) is 11.0. The van der Waals surface area contributed by atoms with Crippen molar-refractivity contribution >= 4 is 0 Å². The van der Waals surface area contributed by atoms with E-state index in [0.29, 0.717) is 19.1 Å². The molecule has 0 aliphatic carbocycles. The van der Waals surface area contributed by atoms with E-state index < -0.39 is 5.60 Å². The number of aliphatic hydroxyl groups is 1. The molecule has 1 aliphatic rings. The van der Waals surface area contributed by atoms with E-state index >= 15 is 0 Å². The lowest BCUT2D eigenvalue weighted by Gasteiger charge is -2.24. The second-order valence-corrected chi connectivity index (χ2v) is 4.40. The molecule has 0 saturated carbocycles. The first-order chi connectivity index (χ1) is 6.08. The summed E-state index contributed by atoms with van der Waals surface area (Å²) >= 11 is 0. The van der Waals surface area contributed by atoms with Gasteiger partial charge in [-0.25, -0.2) is 0 Å². The Morgan fingerprint density at radius 2 is 2.31 bits per heavy atom. The second-order valence-electron chi connectivity index (χ2n) is 4.40. The zero-order valence-electron chi connectivity index (χ0n) is 8.68. The lowest BCUT2D eigenvalue weighted by molar-refractivity contribution is -0.00880. The normalized spacial score (nSPS) is 24.7. The van der Waals surface area contributed by atoms with Gasteiger partial charge >= 0.3 is 0 Å². The molecule has 78 valence electrons. The first-order valence-corrected chi connectivity index (χ1v) is 5.13. The standard InChI is InChI=1S/C10H21NO2/c1-10(2,12)5-7-13-9-4-3-6-11-8-9/h9,11-12H,3-8H2,1-2H3. The van der Waals surface area contributed by atoms with Gasteiger partial charge < -0.3 is 15.2 Å². The molecule has 3 heteroatoms. The highest BCUT2D eigenvalue weighted by molar-refractivity contribution is 4.70. The molecule has 0 aromatic heterocycles. The summed E-state index contributed by atoms with van der Waals surface area (Å²) in [7, 11) is 0. The smallest absolute Gasteiger partial charge is 0.0699 e. The fraction of sp³-hybridized carbons (Fsp3) is 1.00. The molecule has 0 amide bonds. The van der Waals surface area contributed by atoms with Crippen molar-refractivity contribution in [1.29, 1.82) is 0 Å². The van der Waals surface area contributed by atoms with Crippen LogP contribution in [0, 0.1) is 0 Å². The second kappa shape index (κ2) is 4.94. The molecule has 2 N–H and O–H groups in total. The van der Waals surface area contributed by atoms with Crippen LogP contribution in [0.15, 0.2) is 0 Å². The van der Waals surface area contributed by atoms with Crippen molar-refractivity contribution in [3.05, 3.63) is 0 Å². The predicted octanol–water partition coefficient (Wildman–Crippen LogP) is 0.916. The van der Waals surface area contributed by atoms with Crippen LogP contribution in [-0.2, 0) is 4.74 Å². The van der Waals surface area contributed by atoms with Crippen molar-refractivity contribution in [3.8, 4) is 0 Å². The summed E-state index contributed by atoms with van der Waals surface area (Å²) in [6.07, 6.45) is 3.42. The topological polar surface area (TPSA) is 41.5 Å². The number of hydrogen-bond donors (Lipinski definition) is 2. The molecule has 1 aliphatic heterocycles. The third-order valence-electron chi connectivity index (χ3n) is 2.32. The number of ether oxygens (including phenoxy) is 1. The molecule has 0 bridgehead atoms. The minimum Gasteiger partial charge on any atom is -0.390 e. The minimum absolute atomic E-state index is 0.357. The van der Waals surface area contributed by atoms with Crippen LogP contribution in [0.25, 0.3) is 0 Å². The number of hydrogen-bond acceptors (Lipinski definition) is 3. The zero-order chi connectivity index (χ0) is 9.73. The van der Waals surface area contributed by atoms with Crippen molar-refractivity contribution in [2.24, 2.45) is 0 Å². The maximum atomic E-state index is 9.45. The highest BCUT2D eigenvalue weighted by Gasteiger charge is 2.16. The van der Waals surface area contributed by atoms with Crippen LogP contribution < -0.4 is 5.32 Å². The van der Waals surface area contributed by atoms with Crippen LogP contribution in [0.2, 0.25) is 0 Å². The molecule has 13 heavy (non-hydrogen) atoms. The molecule has 1 rings (SSSR count). The van der Waals surface area contributed by atoms with E-state index in [4.69, 9.17) is 4.74 Å². The van der Waals surface area contributed by atoms with Gasteiger partial charge in [-0.2, -0.15) is 0 Å². The quantitative estimate of drug-likeness (QED) is 0.687. The average molecular weight is 187 g/mol. The van der Waals surface area contributed by atoms with Gasteiger partial charge in [0.15, 0.2) is 0 Å². The summed E-state index contributed by atoms with van der Waals surface area (Å²) in [6.45, 7) is 6.37. The monoisotopic (exact) mass is 187 g/mol. The van der Waals surface area contributed by atoms with E-state index in [1.807, 2.05) is 13.8 Å². The Bertz CT molecular complexity index is 136. The van der Waals surface area contributed by atoms with Crippen molar-refractivity contribution in [2.45, 2.75) is 44.8 Å². The van der Waals surface area contributed by atoms with Gasteiger partial charge in [-0.1, -0.05) is 0 Å². The highest BCUT2D eigenvalue weighted by atomic mass is 16.5. The van der Waals surface area contributed by atoms with Gasteiger partial charge in [-0.3, -0.25) is 0 Å². The molecule has 0 aromatic rings. The van der Waals surface area contributed by atoms with Crippen LogP contribution in [0.1, 0.15) is 33.1 Å². The molecule has 1 heterocycles. The largest absolute Gasteiger partial charge is 0.390 e. The van der Waals surface area contributed by atoms with E-state index in [9.17, 15) is 5.11 Å². The van der Waals surface area contributed by atoms with Gasteiger partial charge in [-0.05, 0) is 39.7 Å². The van der Waals surface area contributed by atoms with Gasteiger partial charge in [0.05, 0.1) is 11.7 Å². The Kier molecular flexibility index (Phi) is 4.16. The van der Waals surface area contributed by atoms with Crippen LogP contribution in [0.5, 0.6) is 0 Å². The first-order valence-electron chi connectivity index (χ1n) is 5.13. The maximum absolute atomic E-state index is 9.45. The molecule has 0 spiro atoms. The van der Waals surface area contributed by atoms with Crippen LogP contribution >= 0.6 is 0 Å². The van der Waals surface area contributed by atoms with E-state index in [2.05, 4.69) is 5.32 Å². The van der Waals surface area contributed by atoms with Gasteiger partial charge in [0, 0.05) is 13.2 Å². The highest BCUT2D eigenvalue weighted by Crippen LogP contribution is 2.10. The number of nitrogens with one attached hydrogen (secondary N) is 1. The zero-order valence-corrected chi connectivity index (χ0v) is 8.68. The van der Waals surface area contributed by atoms with Crippen molar-refractivity contribution < 1.29 is 9.84 Å². The fourth-order valence-corrected chi connectivity index (χ4v) is 1.44. The molecule has 1 fully saturated rings. The average Bonchev–Trinajstić information content (AvgIpc) is 2.04. The van der Waals surface area contributed by atoms with Crippen molar-refractivity contribution in [1.82, 2.24) is 5.32 Å². The predicted molar refractivity (Wildman–Crippen MR) is 52.8 cm³/mol. The van der Waals surface area contributed by atoms with Crippen LogP contribution in [0.3, 0.4) is 0 Å². The molecule has 1 unspecified atom stereocenters. The number of piperidine rings is 1. The van der Waals surface area contributed by atoms with Gasteiger partial charge in [-0.15, -0.1) is 0 Å². The summed E-state index contributed by atoms with van der Waals surface area (Å²) in [4.78, 5) is 0. The molecule has 1 saturated heterocycles. The summed E-state index contributed by atoms with van der Waals surface area (Å²) in [5.74, 6) is 0. The Hall–Kier alpha value is -0.120. The van der Waals surface area contributed by atoms with Crippen LogP contribution in [0.4, 0.5) is 0 Å². The van der Waals surface area contributed by atoms with E-state index in [1.54, 1.807) is 0 Å². The molecule has 1 atom stereocenters. The Morgan fingerprint density at radius 1 is 1.54 bits per heavy atom. The molecular weight excluding hydrogens is 166 g/mol. The molecular formula is C10H21NO2. The van der Waals surface area contributed by atoms with Gasteiger partial charge in [0.1, 0.15) is 0 Å². The summed E-state index contributed by atoms with van der Waals surface area (Å²) in [6, 6.07) is 0. The third kappa shape index (κ3) is 5.24. The third-order valence-corrected chi connectivity index (χ3v) is 2.32. The summed E-state index contributed by atoms with van der Waals surface area (Å²) in [5.41, 5.74) is -0.595. The lowest BCUT2D eigenvalue weighted by Crippen LogP contribution is -2.36. The SMILES string of the molecule is CC(C)(O)CCOC1CCCNC1. The number of rotatable bonds is 4. The van der Waals surface area contributed by atoms with Crippen molar-refractivity contribution in [3.63, 3.8) is 0 Å². The summed E-state index contributed by atoms with van der Waals surface area (Å²) < 4.78 is 5.64. The maximum Gasteiger partial charge on any atom is 0.0699 e. The Labute approximate surface area is 80.5 Å². The van der Waals surface area contributed by atoms with E-state index in [-0.39, 0.29) is 0 Å². The molecule has 0 aromatic carbocycles. The molecule has 0 radical (unpaired) electrons. The van der Waals surface area contributed by atoms with E-state index in [0.717, 1.165) is 19.5 Å². The Balaban J connectivity index is 2.04. The summed E-state index contributed by atoms with van der Waals surface area (Å²) in [5, 5.41) is 12.7. The Morgan fingerprint density at radius 3 is 2.85 bits per heavy atom. The minimum atomic E-state index is -0.595. The molecule has 3 nitrogen and oxygen atoms in total. The van der Waals surface area contributed by atoms with Gasteiger partial charge in [0.2, 0.25) is 0 Å². The van der Waals surface area contributed by atoms with Crippen LogP contribution in [-0.4, -0.2) is 36.5 Å². The van der Waals surface area contributed by atoms with Crippen molar-refractivity contribution in [2.75, 3.05) is 19.7 Å². The lowest BCUT2D eigenvalue weighted by atomic mass is 10.1. The van der Waals surface area contributed by atoms with E-state index in [1.165, 1.54) is 6.42 Å².